The first-order valence-electron chi connectivity index (χ1n) is 5.83. The quantitative estimate of drug-likeness (QED) is 0.853. The molecule has 0 aliphatic rings. The molecule has 0 saturated carbocycles. The Morgan fingerprint density at radius 3 is 2.70 bits per heavy atom. The summed E-state index contributed by atoms with van der Waals surface area (Å²) in [5, 5.41) is 12.8. The van der Waals surface area contributed by atoms with E-state index in [-0.39, 0.29) is 11.3 Å². The molecule has 5 nitrogen and oxygen atoms in total. The van der Waals surface area contributed by atoms with Crippen LogP contribution in [0, 0.1) is 6.92 Å². The zero-order valence-corrected chi connectivity index (χ0v) is 11.7. The highest BCUT2D eigenvalue weighted by molar-refractivity contribution is 6.29. The molecular formula is C14H13ClN2O3. The molecule has 2 aromatic rings. The van der Waals surface area contributed by atoms with Gasteiger partial charge in [-0.2, -0.15) is 0 Å². The van der Waals surface area contributed by atoms with Gasteiger partial charge in [-0.1, -0.05) is 11.6 Å². The third-order valence-corrected chi connectivity index (χ3v) is 2.96. The van der Waals surface area contributed by atoms with E-state index in [0.717, 1.165) is 0 Å². The van der Waals surface area contributed by atoms with E-state index in [1.807, 2.05) is 0 Å². The summed E-state index contributed by atoms with van der Waals surface area (Å²) in [6, 6.07) is 7.70. The summed E-state index contributed by atoms with van der Waals surface area (Å²) < 4.78 is 4.96. The number of anilines is 1. The Morgan fingerprint density at radius 2 is 2.10 bits per heavy atom. The van der Waals surface area contributed by atoms with Crippen molar-refractivity contribution in [3.05, 3.63) is 46.7 Å². The third kappa shape index (κ3) is 3.00. The second-order valence-electron chi connectivity index (χ2n) is 4.10. The molecule has 2 rings (SSSR count). The molecule has 0 atom stereocenters. The second-order valence-corrected chi connectivity index (χ2v) is 4.49. The second kappa shape index (κ2) is 5.79. The average Bonchev–Trinajstić information content (AvgIpc) is 2.41. The lowest BCUT2D eigenvalue weighted by Crippen LogP contribution is -2.13. The Kier molecular flexibility index (Phi) is 4.10. The Hall–Kier alpha value is -2.27. The van der Waals surface area contributed by atoms with Crippen molar-refractivity contribution in [1.82, 2.24) is 4.98 Å². The van der Waals surface area contributed by atoms with E-state index in [1.165, 1.54) is 19.2 Å². The van der Waals surface area contributed by atoms with Gasteiger partial charge in [0.2, 0.25) is 0 Å². The van der Waals surface area contributed by atoms with E-state index < -0.39 is 5.91 Å². The molecule has 20 heavy (non-hydrogen) atoms. The minimum atomic E-state index is -0.433. The number of hydrogen-bond acceptors (Lipinski definition) is 4. The van der Waals surface area contributed by atoms with Crippen LogP contribution in [-0.4, -0.2) is 23.1 Å². The molecule has 104 valence electrons. The van der Waals surface area contributed by atoms with Gasteiger partial charge in [0, 0.05) is 6.07 Å². The molecule has 1 aromatic carbocycles. The van der Waals surface area contributed by atoms with Gasteiger partial charge in [-0.15, -0.1) is 0 Å². The lowest BCUT2D eigenvalue weighted by molar-refractivity contribution is 0.102. The Labute approximate surface area is 121 Å². The molecule has 0 unspecified atom stereocenters. The van der Waals surface area contributed by atoms with Crippen LogP contribution >= 0.6 is 11.6 Å². The SMILES string of the molecule is COc1ccc(C(=O)Nc2ccc(Cl)nc2C)c(O)c1. The van der Waals surface area contributed by atoms with Gasteiger partial charge < -0.3 is 15.2 Å². The summed E-state index contributed by atoms with van der Waals surface area (Å²) in [4.78, 5) is 16.1. The maximum atomic E-state index is 12.1. The van der Waals surface area contributed by atoms with E-state index in [1.54, 1.807) is 25.1 Å². The van der Waals surface area contributed by atoms with Crippen molar-refractivity contribution in [3.63, 3.8) is 0 Å². The minimum Gasteiger partial charge on any atom is -0.507 e. The van der Waals surface area contributed by atoms with Gasteiger partial charge in [0.05, 0.1) is 24.1 Å². The van der Waals surface area contributed by atoms with Crippen LogP contribution in [0.4, 0.5) is 5.69 Å². The van der Waals surface area contributed by atoms with Crippen molar-refractivity contribution in [3.8, 4) is 11.5 Å². The zero-order valence-electron chi connectivity index (χ0n) is 11.0. The van der Waals surface area contributed by atoms with Crippen molar-refractivity contribution >= 4 is 23.2 Å². The van der Waals surface area contributed by atoms with Gasteiger partial charge in [-0.25, -0.2) is 4.98 Å². The molecule has 0 aliphatic carbocycles. The van der Waals surface area contributed by atoms with Gasteiger partial charge in [0.1, 0.15) is 16.7 Å². The predicted molar refractivity (Wildman–Crippen MR) is 76.6 cm³/mol. The van der Waals surface area contributed by atoms with Crippen molar-refractivity contribution in [2.24, 2.45) is 0 Å². The lowest BCUT2D eigenvalue weighted by atomic mass is 10.1. The van der Waals surface area contributed by atoms with Gasteiger partial charge in [-0.05, 0) is 31.2 Å². The van der Waals surface area contributed by atoms with E-state index in [4.69, 9.17) is 16.3 Å². The first-order valence-corrected chi connectivity index (χ1v) is 6.20. The van der Waals surface area contributed by atoms with Gasteiger partial charge in [-0.3, -0.25) is 4.79 Å². The standard InChI is InChI=1S/C14H13ClN2O3/c1-8-11(5-6-13(15)16-8)17-14(19)10-4-3-9(20-2)7-12(10)18/h3-7,18H,1-2H3,(H,17,19). The number of aromatic nitrogens is 1. The molecule has 6 heteroatoms. The van der Waals surface area contributed by atoms with E-state index in [0.29, 0.717) is 22.3 Å². The van der Waals surface area contributed by atoms with Crippen molar-refractivity contribution in [1.29, 1.82) is 0 Å². The number of phenols is 1. The van der Waals surface area contributed by atoms with Crippen molar-refractivity contribution in [2.45, 2.75) is 6.92 Å². The highest BCUT2D eigenvalue weighted by Gasteiger charge is 2.13. The maximum Gasteiger partial charge on any atom is 0.259 e. The Morgan fingerprint density at radius 1 is 1.35 bits per heavy atom. The number of halogens is 1. The fourth-order valence-corrected chi connectivity index (χ4v) is 1.87. The Bertz CT molecular complexity index is 659. The monoisotopic (exact) mass is 292 g/mol. The van der Waals surface area contributed by atoms with Crippen LogP contribution in [0.2, 0.25) is 5.15 Å². The van der Waals surface area contributed by atoms with E-state index >= 15 is 0 Å². The predicted octanol–water partition coefficient (Wildman–Crippen LogP) is 3.01. The topological polar surface area (TPSA) is 71.5 Å². The molecule has 0 fully saturated rings. The summed E-state index contributed by atoms with van der Waals surface area (Å²) in [6.45, 7) is 1.73. The number of hydrogen-bond donors (Lipinski definition) is 2. The van der Waals surface area contributed by atoms with Gasteiger partial charge in [0.25, 0.3) is 5.91 Å². The number of pyridine rings is 1. The van der Waals surface area contributed by atoms with Crippen LogP contribution in [-0.2, 0) is 0 Å². The smallest absolute Gasteiger partial charge is 0.259 e. The van der Waals surface area contributed by atoms with Crippen molar-refractivity contribution in [2.75, 3.05) is 12.4 Å². The molecule has 1 heterocycles. The molecule has 0 spiro atoms. The van der Waals surface area contributed by atoms with Crippen molar-refractivity contribution < 1.29 is 14.6 Å². The molecule has 1 amide bonds. The number of benzene rings is 1. The van der Waals surface area contributed by atoms with Crippen LogP contribution in [0.15, 0.2) is 30.3 Å². The number of amides is 1. The summed E-state index contributed by atoms with van der Waals surface area (Å²) in [7, 11) is 1.48. The summed E-state index contributed by atoms with van der Waals surface area (Å²) in [5.41, 5.74) is 1.29. The highest BCUT2D eigenvalue weighted by Crippen LogP contribution is 2.25. The summed E-state index contributed by atoms with van der Waals surface area (Å²) in [5.74, 6) is -0.109. The van der Waals surface area contributed by atoms with Crippen LogP contribution < -0.4 is 10.1 Å². The molecule has 0 radical (unpaired) electrons. The zero-order chi connectivity index (χ0) is 14.7. The molecule has 0 saturated heterocycles. The average molecular weight is 293 g/mol. The van der Waals surface area contributed by atoms with Crippen LogP contribution in [0.1, 0.15) is 16.1 Å². The molecule has 1 aromatic heterocycles. The number of ether oxygens (including phenoxy) is 1. The van der Waals surface area contributed by atoms with Crippen LogP contribution in [0.25, 0.3) is 0 Å². The first kappa shape index (κ1) is 14.1. The molecule has 0 bridgehead atoms. The minimum absolute atomic E-state index is 0.151. The molecule has 0 aliphatic heterocycles. The summed E-state index contributed by atoms with van der Waals surface area (Å²) in [6.07, 6.45) is 0. The number of nitrogens with one attached hydrogen (secondary N) is 1. The Balaban J connectivity index is 2.24. The lowest BCUT2D eigenvalue weighted by Gasteiger charge is -2.10. The van der Waals surface area contributed by atoms with Gasteiger partial charge in [0.15, 0.2) is 0 Å². The number of methoxy groups -OCH3 is 1. The number of phenolic OH excluding ortho intramolecular Hbond substituents is 1. The number of nitrogens with zero attached hydrogens (tertiary/aromatic N) is 1. The normalized spacial score (nSPS) is 10.2. The number of aryl methyl sites for hydroxylation is 1. The highest BCUT2D eigenvalue weighted by atomic mass is 35.5. The first-order chi connectivity index (χ1) is 9.51. The molecular weight excluding hydrogens is 280 g/mol. The number of aromatic hydroxyl groups is 1. The fraction of sp³-hybridized carbons (Fsp3) is 0.143. The third-order valence-electron chi connectivity index (χ3n) is 2.75. The summed E-state index contributed by atoms with van der Waals surface area (Å²) >= 11 is 5.75. The number of carbonyl (C=O) groups excluding carboxylic acids is 1. The number of rotatable bonds is 3. The van der Waals surface area contributed by atoms with Gasteiger partial charge >= 0.3 is 0 Å². The van der Waals surface area contributed by atoms with E-state index in [2.05, 4.69) is 10.3 Å². The van der Waals surface area contributed by atoms with Crippen LogP contribution in [0.5, 0.6) is 11.5 Å². The maximum absolute atomic E-state index is 12.1. The van der Waals surface area contributed by atoms with Crippen LogP contribution in [0.3, 0.4) is 0 Å². The largest absolute Gasteiger partial charge is 0.507 e. The van der Waals surface area contributed by atoms with E-state index in [9.17, 15) is 9.90 Å². The number of carbonyl (C=O) groups is 1. The molecule has 2 N–H and O–H groups in total. The fourth-order valence-electron chi connectivity index (χ4n) is 1.68.